The summed E-state index contributed by atoms with van der Waals surface area (Å²) < 4.78 is 11.4. The summed E-state index contributed by atoms with van der Waals surface area (Å²) in [6.07, 6.45) is 6.67. The van der Waals surface area contributed by atoms with Crippen LogP contribution in [0.15, 0.2) is 94.8 Å². The normalized spacial score (nSPS) is 22.3. The maximum atomic E-state index is 5.78. The Hall–Kier alpha value is -2.84. The molecular formula is C27H24O2. The molecule has 29 heavy (non-hydrogen) atoms. The molecule has 4 aliphatic rings. The van der Waals surface area contributed by atoms with Crippen molar-refractivity contribution in [3.63, 3.8) is 0 Å². The molecule has 2 nitrogen and oxygen atoms in total. The summed E-state index contributed by atoms with van der Waals surface area (Å²) in [5, 5.41) is 0. The van der Waals surface area contributed by atoms with E-state index in [-0.39, 0.29) is 11.5 Å². The van der Waals surface area contributed by atoms with Crippen LogP contribution in [0.5, 0.6) is 0 Å². The second-order valence-electron chi connectivity index (χ2n) is 8.96. The molecule has 1 saturated heterocycles. The Morgan fingerprint density at radius 2 is 1.55 bits per heavy atom. The maximum Gasteiger partial charge on any atom is 0.189 e. The van der Waals surface area contributed by atoms with E-state index in [0.717, 1.165) is 5.76 Å². The highest BCUT2D eigenvalue weighted by molar-refractivity contribution is 5.80. The minimum absolute atomic E-state index is 0.0537. The van der Waals surface area contributed by atoms with Crippen molar-refractivity contribution in [2.24, 2.45) is 5.41 Å². The molecule has 0 spiro atoms. The number of rotatable bonds is 2. The SMILES string of the molecule is CC1=C(C(C)(C)C2c3ccccc3-c3ccccc32)C2=CC3OCOC3=CC2=C1. The Labute approximate surface area is 171 Å². The first kappa shape index (κ1) is 17.1. The van der Waals surface area contributed by atoms with Crippen molar-refractivity contribution >= 4 is 0 Å². The van der Waals surface area contributed by atoms with Crippen LogP contribution in [0.3, 0.4) is 0 Å². The van der Waals surface area contributed by atoms with Gasteiger partial charge >= 0.3 is 0 Å². The number of fused-ring (bicyclic) bond motifs is 5. The zero-order valence-electron chi connectivity index (χ0n) is 17.0. The molecule has 0 aromatic heterocycles. The third kappa shape index (κ3) is 2.27. The predicted octanol–water partition coefficient (Wildman–Crippen LogP) is 6.28. The summed E-state index contributed by atoms with van der Waals surface area (Å²) in [6, 6.07) is 17.8. The van der Waals surface area contributed by atoms with Crippen molar-refractivity contribution in [2.75, 3.05) is 6.79 Å². The molecule has 2 aromatic rings. The summed E-state index contributed by atoms with van der Waals surface area (Å²) in [7, 11) is 0. The molecule has 0 amide bonds. The first-order valence-electron chi connectivity index (χ1n) is 10.4. The predicted molar refractivity (Wildman–Crippen MR) is 115 cm³/mol. The fourth-order valence-electron chi connectivity index (χ4n) is 5.87. The molecule has 1 fully saturated rings. The fraction of sp³-hybridized carbons (Fsp3) is 0.259. The van der Waals surface area contributed by atoms with Gasteiger partial charge in [0, 0.05) is 11.3 Å². The Kier molecular flexibility index (Phi) is 3.43. The highest BCUT2D eigenvalue weighted by Crippen LogP contribution is 2.58. The Balaban J connectivity index is 1.51. The van der Waals surface area contributed by atoms with Crippen LogP contribution >= 0.6 is 0 Å². The van der Waals surface area contributed by atoms with E-state index in [1.807, 2.05) is 0 Å². The van der Waals surface area contributed by atoms with Gasteiger partial charge < -0.3 is 9.47 Å². The molecule has 0 radical (unpaired) electrons. The van der Waals surface area contributed by atoms with E-state index in [9.17, 15) is 0 Å². The van der Waals surface area contributed by atoms with Gasteiger partial charge in [-0.15, -0.1) is 0 Å². The van der Waals surface area contributed by atoms with Crippen molar-refractivity contribution in [1.29, 1.82) is 0 Å². The molecule has 1 atom stereocenters. The molecule has 0 saturated carbocycles. The van der Waals surface area contributed by atoms with Gasteiger partial charge in [-0.2, -0.15) is 0 Å². The summed E-state index contributed by atoms with van der Waals surface area (Å²) in [5.41, 5.74) is 10.9. The van der Waals surface area contributed by atoms with E-state index in [2.05, 4.69) is 87.5 Å². The molecular weight excluding hydrogens is 356 g/mol. The van der Waals surface area contributed by atoms with Crippen LogP contribution in [0.1, 0.15) is 37.8 Å². The average Bonchev–Trinajstić information content (AvgIpc) is 3.38. The van der Waals surface area contributed by atoms with Gasteiger partial charge in [0.05, 0.1) is 0 Å². The summed E-state index contributed by atoms with van der Waals surface area (Å²) in [5.74, 6) is 1.25. The second kappa shape index (κ2) is 5.84. The van der Waals surface area contributed by atoms with Crippen LogP contribution in [-0.2, 0) is 9.47 Å². The summed E-state index contributed by atoms with van der Waals surface area (Å²) >= 11 is 0. The van der Waals surface area contributed by atoms with E-state index < -0.39 is 0 Å². The largest absolute Gasteiger partial charge is 0.469 e. The number of benzene rings is 2. The third-order valence-electron chi connectivity index (χ3n) is 6.92. The maximum absolute atomic E-state index is 5.78. The van der Waals surface area contributed by atoms with Crippen molar-refractivity contribution < 1.29 is 9.47 Å². The first-order chi connectivity index (χ1) is 14.1. The smallest absolute Gasteiger partial charge is 0.189 e. The molecule has 144 valence electrons. The molecule has 0 N–H and O–H groups in total. The van der Waals surface area contributed by atoms with Gasteiger partial charge in [-0.25, -0.2) is 0 Å². The van der Waals surface area contributed by atoms with Gasteiger partial charge in [-0.3, -0.25) is 0 Å². The fourth-order valence-corrected chi connectivity index (χ4v) is 5.87. The Bertz CT molecular complexity index is 1130. The Morgan fingerprint density at radius 3 is 2.24 bits per heavy atom. The van der Waals surface area contributed by atoms with Gasteiger partial charge in [-0.1, -0.05) is 68.5 Å². The third-order valence-corrected chi connectivity index (χ3v) is 6.92. The number of hydrogen-bond acceptors (Lipinski definition) is 2. The highest BCUT2D eigenvalue weighted by atomic mass is 16.7. The molecule has 6 rings (SSSR count). The molecule has 1 unspecified atom stereocenters. The number of allylic oxidation sites excluding steroid dienone is 6. The van der Waals surface area contributed by atoms with Gasteiger partial charge in [-0.05, 0) is 63.6 Å². The lowest BCUT2D eigenvalue weighted by Crippen LogP contribution is -2.26. The molecule has 3 aliphatic carbocycles. The quantitative estimate of drug-likeness (QED) is 0.610. The molecule has 2 aromatic carbocycles. The Morgan fingerprint density at radius 1 is 0.897 bits per heavy atom. The van der Waals surface area contributed by atoms with Gasteiger partial charge in [0.25, 0.3) is 0 Å². The van der Waals surface area contributed by atoms with E-state index in [0.29, 0.717) is 12.7 Å². The van der Waals surface area contributed by atoms with E-state index in [1.165, 1.54) is 44.5 Å². The van der Waals surface area contributed by atoms with E-state index >= 15 is 0 Å². The number of ether oxygens (including phenoxy) is 2. The molecule has 1 aliphatic heterocycles. The molecule has 0 bridgehead atoms. The van der Waals surface area contributed by atoms with E-state index in [4.69, 9.17) is 9.47 Å². The lowest BCUT2D eigenvalue weighted by atomic mass is 9.66. The van der Waals surface area contributed by atoms with Crippen LogP contribution in [0.4, 0.5) is 0 Å². The topological polar surface area (TPSA) is 18.5 Å². The standard InChI is InChI=1S/C27H24O2/c1-16-12-17-13-23-24(29-15-28-23)14-22(17)25(16)27(2,3)26-20-10-6-4-8-18(20)19-9-5-7-11-21(19)26/h4-14,24,26H,15H2,1-3H3. The van der Waals surface area contributed by atoms with Crippen LogP contribution in [0.2, 0.25) is 0 Å². The zero-order chi connectivity index (χ0) is 19.8. The van der Waals surface area contributed by atoms with Crippen molar-refractivity contribution in [2.45, 2.75) is 32.8 Å². The van der Waals surface area contributed by atoms with Crippen molar-refractivity contribution in [3.05, 3.63) is 106 Å². The van der Waals surface area contributed by atoms with Crippen molar-refractivity contribution in [3.8, 4) is 11.1 Å². The van der Waals surface area contributed by atoms with Crippen LogP contribution in [-0.4, -0.2) is 12.9 Å². The van der Waals surface area contributed by atoms with Crippen LogP contribution in [0, 0.1) is 5.41 Å². The summed E-state index contributed by atoms with van der Waals surface area (Å²) in [6.45, 7) is 7.39. The van der Waals surface area contributed by atoms with Gasteiger partial charge in [0.1, 0.15) is 11.9 Å². The zero-order valence-corrected chi connectivity index (χ0v) is 17.0. The van der Waals surface area contributed by atoms with Crippen LogP contribution in [0.25, 0.3) is 11.1 Å². The highest BCUT2D eigenvalue weighted by Gasteiger charge is 2.45. The van der Waals surface area contributed by atoms with Gasteiger partial charge in [0.2, 0.25) is 0 Å². The minimum Gasteiger partial charge on any atom is -0.469 e. The average molecular weight is 380 g/mol. The molecule has 2 heteroatoms. The van der Waals surface area contributed by atoms with E-state index in [1.54, 1.807) is 0 Å². The van der Waals surface area contributed by atoms with Crippen LogP contribution < -0.4 is 0 Å². The lowest BCUT2D eigenvalue weighted by molar-refractivity contribution is 0.0629. The number of hydrogen-bond donors (Lipinski definition) is 0. The summed E-state index contributed by atoms with van der Waals surface area (Å²) in [4.78, 5) is 0. The lowest BCUT2D eigenvalue weighted by Gasteiger charge is -2.37. The molecule has 1 heterocycles. The monoisotopic (exact) mass is 380 g/mol. The minimum atomic E-state index is -0.0678. The second-order valence-corrected chi connectivity index (χ2v) is 8.96. The van der Waals surface area contributed by atoms with Gasteiger partial charge in [0.15, 0.2) is 6.79 Å². The van der Waals surface area contributed by atoms with Crippen molar-refractivity contribution in [1.82, 2.24) is 0 Å². The first-order valence-corrected chi connectivity index (χ1v) is 10.4.